The number of rotatable bonds is 3. The minimum absolute atomic E-state index is 0. The van der Waals surface area contributed by atoms with Gasteiger partial charge in [0, 0.05) is 5.92 Å². The van der Waals surface area contributed by atoms with Crippen LogP contribution in [0, 0.1) is 71.0 Å². The minimum atomic E-state index is -0.306. The maximum Gasteiger partial charge on any atom is 1.00 e. The van der Waals surface area contributed by atoms with Crippen LogP contribution in [0.3, 0.4) is 0 Å². The smallest absolute Gasteiger partial charge is 0.489 e. The molecular formula is C24H30O4Rb2. The Kier molecular flexibility index (Phi) is 7.84. The quantitative estimate of drug-likeness (QED) is 0.170. The Balaban J connectivity index is 0.00000109. The van der Waals surface area contributed by atoms with Crippen LogP contribution < -0.4 is 116 Å². The van der Waals surface area contributed by atoms with Gasteiger partial charge in [0.15, 0.2) is 0 Å². The molecule has 1 heterocycles. The topological polar surface area (TPSA) is 52.6 Å². The van der Waals surface area contributed by atoms with E-state index in [4.69, 9.17) is 9.47 Å². The number of ether oxygens (including phenoxy) is 2. The molecular weight excluding hydrogens is 523 g/mol. The van der Waals surface area contributed by atoms with Crippen molar-refractivity contribution in [2.24, 2.45) is 59.2 Å². The SMILES string of the molecule is C[C-]1[C-](C(=O)OCC2C(=O)OC3C=CCC32)C2CC1C1C3CC(C(C)C3C)C21.[Rb+].[Rb+]. The molecule has 152 valence electrons. The molecule has 0 aromatic heterocycles. The molecule has 5 aliphatic carbocycles. The fourth-order valence-electron chi connectivity index (χ4n) is 8.41. The normalized spacial score (nSPS) is 49.5. The van der Waals surface area contributed by atoms with E-state index in [1.54, 1.807) is 0 Å². The van der Waals surface area contributed by atoms with Crippen LogP contribution in [0.25, 0.3) is 0 Å². The summed E-state index contributed by atoms with van der Waals surface area (Å²) in [6.07, 6.45) is 7.27. The van der Waals surface area contributed by atoms with Crippen molar-refractivity contribution in [2.45, 2.75) is 46.1 Å². The van der Waals surface area contributed by atoms with Gasteiger partial charge >= 0.3 is 122 Å². The molecule has 1 aliphatic heterocycles. The van der Waals surface area contributed by atoms with Crippen LogP contribution in [0.1, 0.15) is 40.0 Å². The first kappa shape index (κ1) is 25.3. The average molecular weight is 553 g/mol. The second kappa shape index (κ2) is 9.32. The van der Waals surface area contributed by atoms with Gasteiger partial charge in [0.1, 0.15) is 18.7 Å². The van der Waals surface area contributed by atoms with E-state index in [0.717, 1.165) is 48.3 Å². The van der Waals surface area contributed by atoms with E-state index in [2.05, 4.69) is 26.8 Å². The van der Waals surface area contributed by atoms with Gasteiger partial charge in [-0.1, -0.05) is 31.8 Å². The van der Waals surface area contributed by atoms with Gasteiger partial charge in [-0.3, -0.25) is 9.59 Å². The van der Waals surface area contributed by atoms with E-state index >= 15 is 0 Å². The summed E-state index contributed by atoms with van der Waals surface area (Å²) in [7, 11) is 0. The van der Waals surface area contributed by atoms with Crippen molar-refractivity contribution in [3.63, 3.8) is 0 Å². The Morgan fingerprint density at radius 1 is 1.10 bits per heavy atom. The van der Waals surface area contributed by atoms with Crippen molar-refractivity contribution in [1.82, 2.24) is 0 Å². The van der Waals surface area contributed by atoms with Crippen LogP contribution in [0.4, 0.5) is 0 Å². The fraction of sp³-hybridized carbons (Fsp3) is 0.750. The molecule has 4 bridgehead atoms. The monoisotopic (exact) mass is 552 g/mol. The molecule has 0 amide bonds. The van der Waals surface area contributed by atoms with E-state index in [1.807, 2.05) is 6.08 Å². The van der Waals surface area contributed by atoms with E-state index in [-0.39, 0.29) is 153 Å². The Morgan fingerprint density at radius 2 is 1.77 bits per heavy atom. The molecule has 6 heteroatoms. The first-order valence-electron chi connectivity index (χ1n) is 11.2. The van der Waals surface area contributed by atoms with Gasteiger partial charge < -0.3 is 21.3 Å². The molecule has 0 spiro atoms. The molecule has 1 saturated heterocycles. The predicted octanol–water partition coefficient (Wildman–Crippen LogP) is -2.37. The molecule has 30 heavy (non-hydrogen) atoms. The van der Waals surface area contributed by atoms with Crippen molar-refractivity contribution >= 4 is 11.9 Å². The van der Waals surface area contributed by atoms with Crippen LogP contribution in [-0.2, 0) is 19.1 Å². The molecule has 11 unspecified atom stereocenters. The van der Waals surface area contributed by atoms with Gasteiger partial charge in [0.05, 0.1) is 5.92 Å². The fourth-order valence-corrected chi connectivity index (χ4v) is 8.41. The van der Waals surface area contributed by atoms with Crippen LogP contribution in [0.15, 0.2) is 12.2 Å². The van der Waals surface area contributed by atoms with Gasteiger partial charge in [-0.05, 0) is 42.6 Å². The third-order valence-electron chi connectivity index (χ3n) is 9.79. The summed E-state index contributed by atoms with van der Waals surface area (Å²) in [5.41, 5.74) is 0. The first-order valence-corrected chi connectivity index (χ1v) is 11.2. The van der Waals surface area contributed by atoms with E-state index in [1.165, 1.54) is 12.3 Å². The summed E-state index contributed by atoms with van der Waals surface area (Å²) >= 11 is 0. The van der Waals surface area contributed by atoms with E-state index in [0.29, 0.717) is 17.8 Å². The maximum absolute atomic E-state index is 13.1. The molecule has 6 rings (SSSR count). The number of carbonyl (C=O) groups is 2. The average Bonchev–Trinajstić information content (AvgIpc) is 3.44. The van der Waals surface area contributed by atoms with Crippen molar-refractivity contribution < 1.29 is 135 Å². The zero-order valence-electron chi connectivity index (χ0n) is 19.0. The molecule has 0 N–H and O–H groups in total. The van der Waals surface area contributed by atoms with Crippen LogP contribution in [0.5, 0.6) is 0 Å². The number of carbonyl (C=O) groups excluding carboxylic acids is 2. The van der Waals surface area contributed by atoms with Crippen molar-refractivity contribution in [2.75, 3.05) is 6.61 Å². The second-order valence-electron chi connectivity index (χ2n) is 10.4. The summed E-state index contributed by atoms with van der Waals surface area (Å²) in [5.74, 6) is 7.44. The number of allylic oxidation sites excluding steroid dienone is 1. The van der Waals surface area contributed by atoms with Crippen molar-refractivity contribution in [1.29, 1.82) is 0 Å². The molecule has 4 saturated carbocycles. The second-order valence-corrected chi connectivity index (χ2v) is 10.4. The van der Waals surface area contributed by atoms with Gasteiger partial charge in [-0.2, -0.15) is 11.8 Å². The van der Waals surface area contributed by atoms with Gasteiger partial charge in [-0.25, -0.2) is 6.92 Å². The van der Waals surface area contributed by atoms with Gasteiger partial charge in [0.25, 0.3) is 0 Å². The molecule has 0 aromatic carbocycles. The third kappa shape index (κ3) is 3.54. The maximum atomic E-state index is 13.1. The van der Waals surface area contributed by atoms with Gasteiger partial charge in [-0.15, -0.1) is 6.42 Å². The van der Waals surface area contributed by atoms with Crippen molar-refractivity contribution in [3.05, 3.63) is 24.0 Å². The summed E-state index contributed by atoms with van der Waals surface area (Å²) in [4.78, 5) is 25.3. The zero-order chi connectivity index (χ0) is 19.3. The summed E-state index contributed by atoms with van der Waals surface area (Å²) < 4.78 is 11.2. The Bertz CT molecular complexity index is 753. The summed E-state index contributed by atoms with van der Waals surface area (Å²) in [6.45, 7) is 7.20. The Morgan fingerprint density at radius 3 is 2.47 bits per heavy atom. The third-order valence-corrected chi connectivity index (χ3v) is 9.79. The number of fused-ring (bicyclic) bond motifs is 10. The van der Waals surface area contributed by atoms with E-state index in [9.17, 15) is 9.59 Å². The molecule has 6 aliphatic rings. The van der Waals surface area contributed by atoms with Crippen LogP contribution >= 0.6 is 0 Å². The number of esters is 2. The van der Waals surface area contributed by atoms with Gasteiger partial charge in [0.2, 0.25) is 0 Å². The number of hydrogen-bond acceptors (Lipinski definition) is 4. The van der Waals surface area contributed by atoms with E-state index < -0.39 is 0 Å². The molecule has 0 radical (unpaired) electrons. The standard InChI is InChI=1S/C24H30O4.2Rb/c1-10-11(2)15-7-14(10)21-16-8-17(22(15)21)20(12(16)3)24(26)27-9-18-13-5-4-6-19(13)28-23(18)25;;/h4,6,10-11,13-19,21-22H,5,7-9H2,1-3H3;;/q-2;2*+1. The van der Waals surface area contributed by atoms with Crippen molar-refractivity contribution in [3.8, 4) is 0 Å². The zero-order valence-corrected chi connectivity index (χ0v) is 28.8. The minimum Gasteiger partial charge on any atom is -0.489 e. The van der Waals surface area contributed by atoms with Crippen LogP contribution in [0.2, 0.25) is 0 Å². The molecule has 5 fully saturated rings. The molecule has 11 atom stereocenters. The number of hydrogen-bond donors (Lipinski definition) is 0. The Labute approximate surface area is 278 Å². The summed E-state index contributed by atoms with van der Waals surface area (Å²) in [6, 6.07) is 0. The summed E-state index contributed by atoms with van der Waals surface area (Å²) in [5, 5.41) is 0. The first-order chi connectivity index (χ1) is 13.5. The predicted molar refractivity (Wildman–Crippen MR) is 102 cm³/mol. The largest absolute Gasteiger partial charge is 1.00 e. The van der Waals surface area contributed by atoms with Crippen LogP contribution in [-0.4, -0.2) is 24.6 Å². The molecule has 4 nitrogen and oxygen atoms in total. The Hall–Kier alpha value is 2.16. The molecule has 0 aromatic rings.